The molecule has 0 aliphatic rings. The third-order valence-corrected chi connectivity index (χ3v) is 4.01. The molecule has 0 saturated heterocycles. The Morgan fingerprint density at radius 1 is 1.15 bits per heavy atom. The van der Waals surface area contributed by atoms with Crippen LogP contribution in [0.2, 0.25) is 15.1 Å². The Morgan fingerprint density at radius 2 is 1.88 bits per heavy atom. The van der Waals surface area contributed by atoms with Crippen LogP contribution < -0.4 is 10.1 Å². The summed E-state index contributed by atoms with van der Waals surface area (Å²) in [5.74, 6) is 0.963. The third kappa shape index (κ3) is 4.46. The van der Waals surface area contributed by atoms with E-state index in [0.717, 1.165) is 0 Å². The van der Waals surface area contributed by atoms with Gasteiger partial charge in [-0.25, -0.2) is 4.98 Å². The standard InChI is InChI=1S/C17H13Cl3N4O2/c1-10-6-15(24(23-10)17-14(20)7-12(19)8-21-17)22-16(25)9-26-13-4-2-11(18)3-5-13/h2-8H,9H2,1H3,(H,22,25). The van der Waals surface area contributed by atoms with Crippen molar-refractivity contribution in [2.45, 2.75) is 6.92 Å². The maximum Gasteiger partial charge on any atom is 0.263 e. The number of pyridine rings is 1. The first-order chi connectivity index (χ1) is 12.4. The Hall–Kier alpha value is -2.28. The Labute approximate surface area is 164 Å². The first-order valence-corrected chi connectivity index (χ1v) is 8.62. The number of anilines is 1. The SMILES string of the molecule is Cc1cc(NC(=O)COc2ccc(Cl)cc2)n(-c2ncc(Cl)cc2Cl)n1. The summed E-state index contributed by atoms with van der Waals surface area (Å²) in [7, 11) is 0. The number of hydrogen-bond acceptors (Lipinski definition) is 4. The molecule has 0 fully saturated rings. The second-order valence-corrected chi connectivity index (χ2v) is 6.61. The van der Waals surface area contributed by atoms with Crippen LogP contribution in [0.1, 0.15) is 5.69 Å². The van der Waals surface area contributed by atoms with E-state index in [1.807, 2.05) is 0 Å². The van der Waals surface area contributed by atoms with Gasteiger partial charge in [0.15, 0.2) is 12.4 Å². The number of nitrogens with zero attached hydrogens (tertiary/aromatic N) is 3. The van der Waals surface area contributed by atoms with Crippen LogP contribution in [0.4, 0.5) is 5.82 Å². The van der Waals surface area contributed by atoms with Crippen molar-refractivity contribution in [1.29, 1.82) is 0 Å². The quantitative estimate of drug-likeness (QED) is 0.668. The minimum Gasteiger partial charge on any atom is -0.484 e. The molecule has 0 radical (unpaired) electrons. The lowest BCUT2D eigenvalue weighted by molar-refractivity contribution is -0.118. The summed E-state index contributed by atoms with van der Waals surface area (Å²) in [5.41, 5.74) is 0.687. The number of benzene rings is 1. The van der Waals surface area contributed by atoms with E-state index in [1.165, 1.54) is 10.9 Å². The summed E-state index contributed by atoms with van der Waals surface area (Å²) in [4.78, 5) is 16.4. The number of nitrogens with one attached hydrogen (secondary N) is 1. The molecule has 3 rings (SSSR count). The summed E-state index contributed by atoms with van der Waals surface area (Å²) in [6, 6.07) is 9.98. The molecule has 134 valence electrons. The summed E-state index contributed by atoms with van der Waals surface area (Å²) in [6.45, 7) is 1.62. The van der Waals surface area contributed by atoms with Gasteiger partial charge in [-0.1, -0.05) is 34.8 Å². The van der Waals surface area contributed by atoms with Gasteiger partial charge in [0.2, 0.25) is 0 Å². The molecule has 0 spiro atoms. The summed E-state index contributed by atoms with van der Waals surface area (Å²) >= 11 is 17.9. The van der Waals surface area contributed by atoms with Crippen LogP contribution in [0.25, 0.3) is 5.82 Å². The van der Waals surface area contributed by atoms with Gasteiger partial charge in [-0.15, -0.1) is 0 Å². The van der Waals surface area contributed by atoms with Crippen molar-refractivity contribution < 1.29 is 9.53 Å². The maximum atomic E-state index is 12.2. The van der Waals surface area contributed by atoms with Crippen LogP contribution in [-0.2, 0) is 4.79 Å². The van der Waals surface area contributed by atoms with E-state index in [0.29, 0.717) is 38.1 Å². The molecule has 2 aromatic heterocycles. The van der Waals surface area contributed by atoms with Gasteiger partial charge in [0, 0.05) is 17.3 Å². The molecule has 1 N–H and O–H groups in total. The number of carbonyl (C=O) groups excluding carboxylic acids is 1. The average molecular weight is 412 g/mol. The molecule has 0 unspecified atom stereocenters. The van der Waals surface area contributed by atoms with Crippen molar-refractivity contribution >= 4 is 46.5 Å². The minimum absolute atomic E-state index is 0.173. The smallest absolute Gasteiger partial charge is 0.263 e. The largest absolute Gasteiger partial charge is 0.484 e. The number of halogens is 3. The zero-order valence-electron chi connectivity index (χ0n) is 13.5. The van der Waals surface area contributed by atoms with Crippen LogP contribution in [0.15, 0.2) is 42.6 Å². The van der Waals surface area contributed by atoms with Gasteiger partial charge in [-0.3, -0.25) is 4.79 Å². The highest BCUT2D eigenvalue weighted by molar-refractivity contribution is 6.35. The molecule has 0 aliphatic carbocycles. The van der Waals surface area contributed by atoms with E-state index in [4.69, 9.17) is 39.5 Å². The van der Waals surface area contributed by atoms with Crippen molar-refractivity contribution in [3.63, 3.8) is 0 Å². The molecule has 1 amide bonds. The fourth-order valence-electron chi connectivity index (χ4n) is 2.17. The minimum atomic E-state index is -0.355. The summed E-state index contributed by atoms with van der Waals surface area (Å²) < 4.78 is 6.87. The van der Waals surface area contributed by atoms with E-state index >= 15 is 0 Å². The van der Waals surface area contributed by atoms with E-state index in [2.05, 4.69) is 15.4 Å². The molecule has 0 atom stereocenters. The van der Waals surface area contributed by atoms with Gasteiger partial charge < -0.3 is 10.1 Å². The van der Waals surface area contributed by atoms with Gasteiger partial charge in [0.25, 0.3) is 5.91 Å². The van der Waals surface area contributed by atoms with Crippen molar-refractivity contribution in [3.8, 4) is 11.6 Å². The Kier molecular flexibility index (Phi) is 5.66. The van der Waals surface area contributed by atoms with Crippen LogP contribution in [0.3, 0.4) is 0 Å². The van der Waals surface area contributed by atoms with E-state index in [1.54, 1.807) is 43.3 Å². The average Bonchev–Trinajstić information content (AvgIpc) is 2.94. The molecule has 3 aromatic rings. The monoisotopic (exact) mass is 410 g/mol. The van der Waals surface area contributed by atoms with Gasteiger partial charge >= 0.3 is 0 Å². The maximum absolute atomic E-state index is 12.2. The molecular weight excluding hydrogens is 399 g/mol. The van der Waals surface area contributed by atoms with Gasteiger partial charge in [-0.05, 0) is 37.3 Å². The van der Waals surface area contributed by atoms with E-state index in [-0.39, 0.29) is 12.5 Å². The highest BCUT2D eigenvalue weighted by Gasteiger charge is 2.15. The normalized spacial score (nSPS) is 10.6. The van der Waals surface area contributed by atoms with E-state index < -0.39 is 0 Å². The Morgan fingerprint density at radius 3 is 2.58 bits per heavy atom. The number of rotatable bonds is 5. The third-order valence-electron chi connectivity index (χ3n) is 3.27. The highest BCUT2D eigenvalue weighted by atomic mass is 35.5. The lowest BCUT2D eigenvalue weighted by Crippen LogP contribution is -2.22. The van der Waals surface area contributed by atoms with Crippen molar-refractivity contribution in [3.05, 3.63) is 63.4 Å². The van der Waals surface area contributed by atoms with Gasteiger partial charge in [0.05, 0.1) is 15.7 Å². The molecule has 1 aromatic carbocycles. The number of carbonyl (C=O) groups is 1. The van der Waals surface area contributed by atoms with Crippen LogP contribution in [-0.4, -0.2) is 27.3 Å². The van der Waals surface area contributed by atoms with E-state index in [9.17, 15) is 4.79 Å². The first-order valence-electron chi connectivity index (χ1n) is 7.48. The van der Waals surface area contributed by atoms with Crippen molar-refractivity contribution in [2.24, 2.45) is 0 Å². The molecule has 0 aliphatic heterocycles. The predicted molar refractivity (Wildman–Crippen MR) is 102 cm³/mol. The number of hydrogen-bond donors (Lipinski definition) is 1. The molecule has 0 saturated carbocycles. The fraction of sp³-hybridized carbons (Fsp3) is 0.118. The molecule has 0 bridgehead atoms. The lowest BCUT2D eigenvalue weighted by Gasteiger charge is -2.10. The molecule has 9 heteroatoms. The van der Waals surface area contributed by atoms with Gasteiger partial charge in [-0.2, -0.15) is 9.78 Å². The summed E-state index contributed by atoms with van der Waals surface area (Å²) in [6.07, 6.45) is 1.45. The highest BCUT2D eigenvalue weighted by Crippen LogP contribution is 2.25. The molecule has 26 heavy (non-hydrogen) atoms. The number of ether oxygens (including phenoxy) is 1. The number of aryl methyl sites for hydroxylation is 1. The lowest BCUT2D eigenvalue weighted by atomic mass is 10.3. The molecular formula is C17H13Cl3N4O2. The summed E-state index contributed by atoms with van der Waals surface area (Å²) in [5, 5.41) is 8.35. The molecule has 2 heterocycles. The topological polar surface area (TPSA) is 69.0 Å². The second kappa shape index (κ2) is 7.95. The predicted octanol–water partition coefficient (Wildman–Crippen LogP) is 4.55. The number of aromatic nitrogens is 3. The Bertz CT molecular complexity index is 942. The molecule has 6 nitrogen and oxygen atoms in total. The number of amides is 1. The van der Waals surface area contributed by atoms with Gasteiger partial charge in [0.1, 0.15) is 11.6 Å². The first kappa shape index (κ1) is 18.5. The fourth-order valence-corrected chi connectivity index (χ4v) is 2.76. The zero-order valence-corrected chi connectivity index (χ0v) is 15.8. The van der Waals surface area contributed by atoms with Crippen LogP contribution in [0, 0.1) is 6.92 Å². The zero-order chi connectivity index (χ0) is 18.7. The Balaban J connectivity index is 1.73. The van der Waals surface area contributed by atoms with Crippen molar-refractivity contribution in [2.75, 3.05) is 11.9 Å². The second-order valence-electron chi connectivity index (χ2n) is 5.33. The van der Waals surface area contributed by atoms with Crippen LogP contribution in [0.5, 0.6) is 5.75 Å². The van der Waals surface area contributed by atoms with Crippen molar-refractivity contribution in [1.82, 2.24) is 14.8 Å². The van der Waals surface area contributed by atoms with Crippen LogP contribution >= 0.6 is 34.8 Å².